The van der Waals surface area contributed by atoms with Crippen LogP contribution in [0.2, 0.25) is 0 Å². The van der Waals surface area contributed by atoms with Crippen molar-refractivity contribution in [3.8, 4) is 0 Å². The summed E-state index contributed by atoms with van der Waals surface area (Å²) in [4.78, 5) is 2.36. The zero-order valence-electron chi connectivity index (χ0n) is 12.7. The summed E-state index contributed by atoms with van der Waals surface area (Å²) in [5.74, 6) is 0.718. The molecule has 19 heavy (non-hydrogen) atoms. The first kappa shape index (κ1) is 16.2. The average Bonchev–Trinajstić information content (AvgIpc) is 2.39. The van der Waals surface area contributed by atoms with Crippen molar-refractivity contribution in [2.75, 3.05) is 27.2 Å². The summed E-state index contributed by atoms with van der Waals surface area (Å²) < 4.78 is 5.28. The standard InChI is InChI=1S/C16H28N2O/c1-13(2)9-10-18(3)16(11-17)15-8-6-5-7-14(15)12-19-4/h5-8,13,16H,9-12,17H2,1-4H3. The van der Waals surface area contributed by atoms with E-state index in [1.165, 1.54) is 17.5 Å². The number of methoxy groups -OCH3 is 1. The summed E-state index contributed by atoms with van der Waals surface area (Å²) in [6, 6.07) is 8.69. The molecule has 108 valence electrons. The van der Waals surface area contributed by atoms with Crippen molar-refractivity contribution in [1.29, 1.82) is 0 Å². The molecule has 3 heteroatoms. The highest BCUT2D eigenvalue weighted by Gasteiger charge is 2.18. The van der Waals surface area contributed by atoms with Gasteiger partial charge < -0.3 is 10.5 Å². The molecule has 0 aliphatic rings. The Balaban J connectivity index is 2.83. The molecule has 2 N–H and O–H groups in total. The number of hydrogen-bond donors (Lipinski definition) is 1. The minimum Gasteiger partial charge on any atom is -0.380 e. The monoisotopic (exact) mass is 264 g/mol. The molecule has 0 spiro atoms. The fraction of sp³-hybridized carbons (Fsp3) is 0.625. The summed E-state index contributed by atoms with van der Waals surface area (Å²) in [5.41, 5.74) is 8.52. The minimum atomic E-state index is 0.269. The molecule has 3 nitrogen and oxygen atoms in total. The first-order valence-electron chi connectivity index (χ1n) is 7.07. The lowest BCUT2D eigenvalue weighted by Crippen LogP contribution is -2.32. The molecular weight excluding hydrogens is 236 g/mol. The quantitative estimate of drug-likeness (QED) is 0.784. The Labute approximate surface area is 117 Å². The van der Waals surface area contributed by atoms with Crippen LogP contribution in [0.15, 0.2) is 24.3 Å². The molecule has 0 aromatic heterocycles. The van der Waals surface area contributed by atoms with Gasteiger partial charge in [0.25, 0.3) is 0 Å². The molecular formula is C16H28N2O. The highest BCUT2D eigenvalue weighted by Crippen LogP contribution is 2.23. The van der Waals surface area contributed by atoms with Crippen LogP contribution in [-0.4, -0.2) is 32.1 Å². The van der Waals surface area contributed by atoms with E-state index in [2.05, 4.69) is 50.1 Å². The number of likely N-dealkylation sites (N-methyl/N-ethyl adjacent to an activating group) is 1. The summed E-state index contributed by atoms with van der Waals surface area (Å²) in [7, 11) is 3.89. The largest absolute Gasteiger partial charge is 0.380 e. The first-order chi connectivity index (χ1) is 9.10. The molecule has 1 unspecified atom stereocenters. The lowest BCUT2D eigenvalue weighted by molar-refractivity contribution is 0.179. The van der Waals surface area contributed by atoms with Crippen LogP contribution in [0.1, 0.15) is 37.4 Å². The maximum Gasteiger partial charge on any atom is 0.0716 e. The lowest BCUT2D eigenvalue weighted by atomic mass is 9.99. The summed E-state index contributed by atoms with van der Waals surface area (Å²) in [6.45, 7) is 6.86. The molecule has 1 aromatic carbocycles. The number of nitrogens with two attached hydrogens (primary N) is 1. The van der Waals surface area contributed by atoms with E-state index in [0.29, 0.717) is 13.2 Å². The van der Waals surface area contributed by atoms with Gasteiger partial charge in [0.1, 0.15) is 0 Å². The Morgan fingerprint density at radius 1 is 1.26 bits per heavy atom. The Morgan fingerprint density at radius 2 is 1.95 bits per heavy atom. The SMILES string of the molecule is COCc1ccccc1C(CN)N(C)CCC(C)C. The second kappa shape index (κ2) is 8.31. The molecule has 0 amide bonds. The number of hydrogen-bond acceptors (Lipinski definition) is 3. The predicted molar refractivity (Wildman–Crippen MR) is 81.0 cm³/mol. The average molecular weight is 264 g/mol. The smallest absolute Gasteiger partial charge is 0.0716 e. The van der Waals surface area contributed by atoms with E-state index >= 15 is 0 Å². The Hall–Kier alpha value is -0.900. The van der Waals surface area contributed by atoms with Crippen molar-refractivity contribution in [3.63, 3.8) is 0 Å². The van der Waals surface area contributed by atoms with Gasteiger partial charge in [0.15, 0.2) is 0 Å². The van der Waals surface area contributed by atoms with Gasteiger partial charge in [-0.25, -0.2) is 0 Å². The van der Waals surface area contributed by atoms with Crippen LogP contribution < -0.4 is 5.73 Å². The molecule has 0 saturated carbocycles. The highest BCUT2D eigenvalue weighted by atomic mass is 16.5. The van der Waals surface area contributed by atoms with Gasteiger partial charge in [0.05, 0.1) is 6.61 Å². The van der Waals surface area contributed by atoms with Crippen molar-refractivity contribution < 1.29 is 4.74 Å². The fourth-order valence-corrected chi connectivity index (χ4v) is 2.31. The molecule has 0 heterocycles. The Morgan fingerprint density at radius 3 is 2.53 bits per heavy atom. The second-order valence-corrected chi connectivity index (χ2v) is 5.55. The summed E-state index contributed by atoms with van der Waals surface area (Å²) >= 11 is 0. The molecule has 0 fully saturated rings. The van der Waals surface area contributed by atoms with Gasteiger partial charge in [-0.1, -0.05) is 38.1 Å². The van der Waals surface area contributed by atoms with Gasteiger partial charge in [-0.05, 0) is 37.1 Å². The first-order valence-corrected chi connectivity index (χ1v) is 7.07. The van der Waals surface area contributed by atoms with E-state index < -0.39 is 0 Å². The van der Waals surface area contributed by atoms with Crippen molar-refractivity contribution in [2.24, 2.45) is 11.7 Å². The Bertz CT molecular complexity index is 366. The maximum absolute atomic E-state index is 5.99. The number of rotatable bonds is 8. The molecule has 0 radical (unpaired) electrons. The van der Waals surface area contributed by atoms with E-state index in [1.807, 2.05) is 0 Å². The number of ether oxygens (including phenoxy) is 1. The third-order valence-electron chi connectivity index (χ3n) is 3.53. The van der Waals surface area contributed by atoms with Gasteiger partial charge in [-0.15, -0.1) is 0 Å². The summed E-state index contributed by atoms with van der Waals surface area (Å²) in [5, 5.41) is 0. The third-order valence-corrected chi connectivity index (χ3v) is 3.53. The van der Waals surface area contributed by atoms with Gasteiger partial charge in [-0.3, -0.25) is 4.90 Å². The molecule has 0 bridgehead atoms. The van der Waals surface area contributed by atoms with Crippen molar-refractivity contribution in [2.45, 2.75) is 32.9 Å². The van der Waals surface area contributed by atoms with Gasteiger partial charge in [0, 0.05) is 19.7 Å². The van der Waals surface area contributed by atoms with Crippen LogP contribution in [0.3, 0.4) is 0 Å². The molecule has 0 aliphatic carbocycles. The topological polar surface area (TPSA) is 38.5 Å². The number of benzene rings is 1. The van der Waals surface area contributed by atoms with Crippen LogP contribution in [0.4, 0.5) is 0 Å². The second-order valence-electron chi connectivity index (χ2n) is 5.55. The normalized spacial score (nSPS) is 13.2. The van der Waals surface area contributed by atoms with Crippen LogP contribution in [0, 0.1) is 5.92 Å². The van der Waals surface area contributed by atoms with Crippen LogP contribution in [0.5, 0.6) is 0 Å². The predicted octanol–water partition coefficient (Wildman–Crippen LogP) is 2.81. The van der Waals surface area contributed by atoms with E-state index in [4.69, 9.17) is 10.5 Å². The zero-order chi connectivity index (χ0) is 14.3. The van der Waals surface area contributed by atoms with E-state index in [1.54, 1.807) is 7.11 Å². The zero-order valence-corrected chi connectivity index (χ0v) is 12.7. The molecule has 1 atom stereocenters. The maximum atomic E-state index is 5.99. The van der Waals surface area contributed by atoms with E-state index in [0.717, 1.165) is 12.5 Å². The van der Waals surface area contributed by atoms with Crippen molar-refractivity contribution in [1.82, 2.24) is 4.90 Å². The van der Waals surface area contributed by atoms with Gasteiger partial charge >= 0.3 is 0 Å². The molecule has 0 saturated heterocycles. The highest BCUT2D eigenvalue weighted by molar-refractivity contribution is 5.30. The fourth-order valence-electron chi connectivity index (χ4n) is 2.31. The number of nitrogens with zero attached hydrogens (tertiary/aromatic N) is 1. The van der Waals surface area contributed by atoms with Crippen LogP contribution in [-0.2, 0) is 11.3 Å². The van der Waals surface area contributed by atoms with Gasteiger partial charge in [-0.2, -0.15) is 0 Å². The lowest BCUT2D eigenvalue weighted by Gasteiger charge is -2.29. The third kappa shape index (κ3) is 4.94. The van der Waals surface area contributed by atoms with E-state index in [9.17, 15) is 0 Å². The van der Waals surface area contributed by atoms with E-state index in [-0.39, 0.29) is 6.04 Å². The summed E-state index contributed by atoms with van der Waals surface area (Å²) in [6.07, 6.45) is 1.19. The van der Waals surface area contributed by atoms with Gasteiger partial charge in [0.2, 0.25) is 0 Å². The molecule has 0 aliphatic heterocycles. The van der Waals surface area contributed by atoms with Crippen LogP contribution in [0.25, 0.3) is 0 Å². The Kier molecular flexibility index (Phi) is 7.06. The van der Waals surface area contributed by atoms with Crippen molar-refractivity contribution >= 4 is 0 Å². The molecule has 1 rings (SSSR count). The van der Waals surface area contributed by atoms with Crippen LogP contribution >= 0.6 is 0 Å². The molecule has 1 aromatic rings. The minimum absolute atomic E-state index is 0.269. The van der Waals surface area contributed by atoms with Crippen molar-refractivity contribution in [3.05, 3.63) is 35.4 Å².